The van der Waals surface area contributed by atoms with Crippen molar-refractivity contribution in [3.05, 3.63) is 52.5 Å². The lowest BCUT2D eigenvalue weighted by Gasteiger charge is -2.08. The van der Waals surface area contributed by atoms with Crippen molar-refractivity contribution in [1.29, 1.82) is 0 Å². The zero-order valence-corrected chi connectivity index (χ0v) is 13.2. The van der Waals surface area contributed by atoms with Crippen molar-refractivity contribution in [1.82, 2.24) is 14.9 Å². The summed E-state index contributed by atoms with van der Waals surface area (Å²) in [4.78, 5) is 6.20. The van der Waals surface area contributed by atoms with Gasteiger partial charge < -0.3 is 9.88 Å². The molecule has 0 aliphatic carbocycles. The number of fused-ring (bicyclic) bond motifs is 1. The van der Waals surface area contributed by atoms with Crippen LogP contribution in [0.3, 0.4) is 0 Å². The molecule has 110 valence electrons. The van der Waals surface area contributed by atoms with E-state index in [0.29, 0.717) is 0 Å². The van der Waals surface area contributed by atoms with Crippen LogP contribution >= 0.6 is 11.3 Å². The molecule has 0 aliphatic rings. The van der Waals surface area contributed by atoms with Crippen molar-refractivity contribution in [3.8, 4) is 0 Å². The predicted molar refractivity (Wildman–Crippen MR) is 89.8 cm³/mol. The van der Waals surface area contributed by atoms with E-state index in [1.807, 2.05) is 11.3 Å². The van der Waals surface area contributed by atoms with Crippen LogP contribution in [0, 0.1) is 0 Å². The lowest BCUT2D eigenvalue weighted by atomic mass is 10.3. The van der Waals surface area contributed by atoms with Crippen LogP contribution in [0.15, 0.2) is 41.8 Å². The van der Waals surface area contributed by atoms with Gasteiger partial charge in [-0.2, -0.15) is 0 Å². The largest absolute Gasteiger partial charge is 0.327 e. The molecule has 0 amide bonds. The van der Waals surface area contributed by atoms with Crippen molar-refractivity contribution in [2.45, 2.75) is 32.9 Å². The molecule has 0 bridgehead atoms. The second-order valence-electron chi connectivity index (χ2n) is 5.17. The Hall–Kier alpha value is -1.65. The van der Waals surface area contributed by atoms with E-state index in [1.54, 1.807) is 0 Å². The second-order valence-corrected chi connectivity index (χ2v) is 6.21. The normalized spacial score (nSPS) is 11.3. The Morgan fingerprint density at radius 3 is 2.90 bits per heavy atom. The molecular weight excluding hydrogens is 278 g/mol. The fourth-order valence-electron chi connectivity index (χ4n) is 2.60. The minimum Gasteiger partial charge on any atom is -0.327 e. The molecule has 21 heavy (non-hydrogen) atoms. The van der Waals surface area contributed by atoms with Crippen molar-refractivity contribution in [3.63, 3.8) is 0 Å². The average molecular weight is 299 g/mol. The molecule has 3 aromatic rings. The first-order valence-corrected chi connectivity index (χ1v) is 8.43. The van der Waals surface area contributed by atoms with Gasteiger partial charge in [0.15, 0.2) is 0 Å². The highest BCUT2D eigenvalue weighted by molar-refractivity contribution is 7.09. The van der Waals surface area contributed by atoms with Crippen LogP contribution in [0.5, 0.6) is 0 Å². The number of aromatic nitrogens is 2. The summed E-state index contributed by atoms with van der Waals surface area (Å²) in [5.74, 6) is 1.14. The predicted octanol–water partition coefficient (Wildman–Crippen LogP) is 3.84. The third kappa shape index (κ3) is 3.34. The first kappa shape index (κ1) is 14.3. The Labute approximate surface area is 129 Å². The Kier molecular flexibility index (Phi) is 4.68. The molecule has 0 aliphatic heterocycles. The molecule has 0 radical (unpaired) electrons. The smallest absolute Gasteiger partial charge is 0.123 e. The van der Waals surface area contributed by atoms with Crippen molar-refractivity contribution < 1.29 is 0 Å². The van der Waals surface area contributed by atoms with E-state index in [2.05, 4.69) is 58.6 Å². The van der Waals surface area contributed by atoms with Gasteiger partial charge in [-0.3, -0.25) is 0 Å². The highest BCUT2D eigenvalue weighted by Crippen LogP contribution is 2.16. The monoisotopic (exact) mass is 299 g/mol. The van der Waals surface area contributed by atoms with Crippen molar-refractivity contribution in [2.75, 3.05) is 6.54 Å². The second kappa shape index (κ2) is 6.87. The number of benzene rings is 1. The fourth-order valence-corrected chi connectivity index (χ4v) is 3.31. The number of thiophene rings is 1. The summed E-state index contributed by atoms with van der Waals surface area (Å²) < 4.78 is 2.34. The summed E-state index contributed by atoms with van der Waals surface area (Å²) in [6.07, 6.45) is 2.22. The minimum absolute atomic E-state index is 0.833. The minimum atomic E-state index is 0.833. The number of rotatable bonds is 7. The number of aryl methyl sites for hydroxylation is 1. The van der Waals surface area contributed by atoms with Gasteiger partial charge in [-0.1, -0.05) is 25.1 Å². The van der Waals surface area contributed by atoms with E-state index < -0.39 is 0 Å². The first-order valence-electron chi connectivity index (χ1n) is 7.55. The summed E-state index contributed by atoms with van der Waals surface area (Å²) in [5, 5.41) is 5.66. The fraction of sp³-hybridized carbons (Fsp3) is 0.353. The molecule has 0 unspecified atom stereocenters. The van der Waals surface area contributed by atoms with Gasteiger partial charge in [0.2, 0.25) is 0 Å². The van der Waals surface area contributed by atoms with Crippen LogP contribution in [0.25, 0.3) is 11.0 Å². The molecule has 2 heterocycles. The molecule has 4 heteroatoms. The van der Waals surface area contributed by atoms with Crippen molar-refractivity contribution >= 4 is 22.4 Å². The standard InChI is InChI=1S/C17H21N3S/c1-2-11-20-16-8-4-3-7-15(16)19-17(20)13-18-10-9-14-6-5-12-21-14/h3-8,12,18H,2,9-11,13H2,1H3. The number of para-hydroxylation sites is 2. The number of nitrogens with one attached hydrogen (secondary N) is 1. The third-order valence-corrected chi connectivity index (χ3v) is 4.53. The van der Waals surface area contributed by atoms with Crippen LogP contribution in [0.2, 0.25) is 0 Å². The molecule has 1 N–H and O–H groups in total. The van der Waals surface area contributed by atoms with E-state index in [1.165, 1.54) is 10.4 Å². The third-order valence-electron chi connectivity index (χ3n) is 3.59. The molecule has 1 aromatic carbocycles. The average Bonchev–Trinajstić information content (AvgIpc) is 3.13. The molecule has 0 saturated heterocycles. The summed E-state index contributed by atoms with van der Waals surface area (Å²) in [5.41, 5.74) is 2.34. The maximum Gasteiger partial charge on any atom is 0.123 e. The lowest BCUT2D eigenvalue weighted by Crippen LogP contribution is -2.19. The van der Waals surface area contributed by atoms with Crippen LogP contribution in [0.1, 0.15) is 24.0 Å². The van der Waals surface area contributed by atoms with E-state index in [4.69, 9.17) is 4.98 Å². The molecule has 0 spiro atoms. The van der Waals surface area contributed by atoms with Crippen LogP contribution in [-0.2, 0) is 19.5 Å². The van der Waals surface area contributed by atoms with E-state index in [0.717, 1.165) is 43.8 Å². The first-order chi connectivity index (χ1) is 10.4. The van der Waals surface area contributed by atoms with Gasteiger partial charge in [0.05, 0.1) is 17.6 Å². The van der Waals surface area contributed by atoms with Gasteiger partial charge >= 0.3 is 0 Å². The summed E-state index contributed by atoms with van der Waals surface area (Å²) in [6.45, 7) is 5.07. The highest BCUT2D eigenvalue weighted by atomic mass is 32.1. The zero-order chi connectivity index (χ0) is 14.5. The SMILES string of the molecule is CCCn1c(CNCCc2cccs2)nc2ccccc21. The summed E-state index contributed by atoms with van der Waals surface area (Å²) in [7, 11) is 0. The Bertz CT molecular complexity index is 685. The number of hydrogen-bond donors (Lipinski definition) is 1. The van der Waals surface area contributed by atoms with Gasteiger partial charge in [0.1, 0.15) is 5.82 Å². The molecular formula is C17H21N3S. The Morgan fingerprint density at radius 2 is 2.10 bits per heavy atom. The van der Waals surface area contributed by atoms with E-state index in [-0.39, 0.29) is 0 Å². The van der Waals surface area contributed by atoms with E-state index >= 15 is 0 Å². The zero-order valence-electron chi connectivity index (χ0n) is 12.4. The van der Waals surface area contributed by atoms with Gasteiger partial charge in [0.25, 0.3) is 0 Å². The lowest BCUT2D eigenvalue weighted by molar-refractivity contribution is 0.600. The van der Waals surface area contributed by atoms with Crippen molar-refractivity contribution in [2.24, 2.45) is 0 Å². The molecule has 2 aromatic heterocycles. The molecule has 0 fully saturated rings. The molecule has 3 nitrogen and oxygen atoms in total. The quantitative estimate of drug-likeness (QED) is 0.672. The number of imidazole rings is 1. The molecule has 0 atom stereocenters. The van der Waals surface area contributed by atoms with Gasteiger partial charge in [-0.05, 0) is 36.4 Å². The highest BCUT2D eigenvalue weighted by Gasteiger charge is 2.08. The number of nitrogens with zero attached hydrogens (tertiary/aromatic N) is 2. The summed E-state index contributed by atoms with van der Waals surface area (Å²) in [6, 6.07) is 12.7. The van der Waals surface area contributed by atoms with Gasteiger partial charge in [0, 0.05) is 18.0 Å². The Balaban J connectivity index is 1.66. The topological polar surface area (TPSA) is 29.9 Å². The summed E-state index contributed by atoms with van der Waals surface area (Å²) >= 11 is 1.82. The maximum atomic E-state index is 4.77. The van der Waals surface area contributed by atoms with Gasteiger partial charge in [-0.25, -0.2) is 4.98 Å². The van der Waals surface area contributed by atoms with Crippen LogP contribution < -0.4 is 5.32 Å². The van der Waals surface area contributed by atoms with E-state index in [9.17, 15) is 0 Å². The van der Waals surface area contributed by atoms with Crippen LogP contribution in [-0.4, -0.2) is 16.1 Å². The Morgan fingerprint density at radius 1 is 1.19 bits per heavy atom. The van der Waals surface area contributed by atoms with Crippen LogP contribution in [0.4, 0.5) is 0 Å². The molecule has 3 rings (SSSR count). The maximum absolute atomic E-state index is 4.77. The van der Waals surface area contributed by atoms with Gasteiger partial charge in [-0.15, -0.1) is 11.3 Å². The number of hydrogen-bond acceptors (Lipinski definition) is 3. The molecule has 0 saturated carbocycles.